The van der Waals surface area contributed by atoms with Gasteiger partial charge in [-0.25, -0.2) is 9.97 Å². The average molecular weight is 276 g/mol. The van der Waals surface area contributed by atoms with Crippen LogP contribution in [0.1, 0.15) is 43.2 Å². The van der Waals surface area contributed by atoms with E-state index in [0.717, 1.165) is 37.7 Å². The minimum absolute atomic E-state index is 0.451. The van der Waals surface area contributed by atoms with Gasteiger partial charge in [0.15, 0.2) is 0 Å². The minimum Gasteiger partial charge on any atom is -0.381 e. The quantitative estimate of drug-likeness (QED) is 0.916. The number of nitrogens with one attached hydrogen (secondary N) is 1. The zero-order valence-electron chi connectivity index (χ0n) is 12.4. The van der Waals surface area contributed by atoms with Crippen molar-refractivity contribution in [3.8, 4) is 0 Å². The average Bonchev–Trinajstić information content (AvgIpc) is 2.97. The predicted octanol–water partition coefficient (Wildman–Crippen LogP) is 2.14. The van der Waals surface area contributed by atoms with E-state index < -0.39 is 0 Å². The third kappa shape index (κ3) is 2.79. The van der Waals surface area contributed by atoms with Crippen LogP contribution >= 0.6 is 0 Å². The molecule has 2 aliphatic heterocycles. The van der Waals surface area contributed by atoms with Crippen molar-refractivity contribution in [2.75, 3.05) is 32.1 Å². The van der Waals surface area contributed by atoms with Gasteiger partial charge in [0.05, 0.1) is 11.7 Å². The maximum Gasteiger partial charge on any atom is 0.129 e. The van der Waals surface area contributed by atoms with Crippen molar-refractivity contribution < 1.29 is 4.74 Å². The lowest BCUT2D eigenvalue weighted by atomic mass is 10.0. The van der Waals surface area contributed by atoms with Crippen molar-refractivity contribution in [1.82, 2.24) is 14.9 Å². The van der Waals surface area contributed by atoms with Crippen LogP contribution in [0.2, 0.25) is 0 Å². The number of anilines is 1. The SMILES string of the molecule is CNc1cc([C@H]2CCCN2C2CCOCC2)nc(C)n1. The maximum absolute atomic E-state index is 5.49. The van der Waals surface area contributed by atoms with Crippen LogP contribution in [0.25, 0.3) is 0 Å². The third-order valence-electron chi connectivity index (χ3n) is 4.41. The number of hydrogen-bond acceptors (Lipinski definition) is 5. The molecule has 110 valence electrons. The van der Waals surface area contributed by atoms with Crippen molar-refractivity contribution in [2.45, 2.75) is 44.7 Å². The first-order chi connectivity index (χ1) is 9.78. The van der Waals surface area contributed by atoms with Crippen molar-refractivity contribution >= 4 is 5.82 Å². The van der Waals surface area contributed by atoms with Crippen LogP contribution in [0.4, 0.5) is 5.82 Å². The normalized spacial score (nSPS) is 25.0. The lowest BCUT2D eigenvalue weighted by Gasteiger charge is -2.35. The number of rotatable bonds is 3. The Balaban J connectivity index is 1.82. The molecule has 1 aromatic heterocycles. The number of likely N-dealkylation sites (tertiary alicyclic amines) is 1. The molecule has 0 saturated carbocycles. The van der Waals surface area contributed by atoms with Crippen molar-refractivity contribution in [3.05, 3.63) is 17.6 Å². The lowest BCUT2D eigenvalue weighted by molar-refractivity contribution is 0.0285. The van der Waals surface area contributed by atoms with Gasteiger partial charge < -0.3 is 10.1 Å². The number of aromatic nitrogens is 2. The Morgan fingerprint density at radius 1 is 1.25 bits per heavy atom. The van der Waals surface area contributed by atoms with E-state index in [-0.39, 0.29) is 0 Å². The first-order valence-corrected chi connectivity index (χ1v) is 7.65. The van der Waals surface area contributed by atoms with Crippen LogP contribution in [0.5, 0.6) is 0 Å². The van der Waals surface area contributed by atoms with Crippen LogP contribution < -0.4 is 5.32 Å². The number of aryl methyl sites for hydroxylation is 1. The fourth-order valence-electron chi connectivity index (χ4n) is 3.45. The van der Waals surface area contributed by atoms with Crippen molar-refractivity contribution in [3.63, 3.8) is 0 Å². The molecule has 0 aliphatic carbocycles. The van der Waals surface area contributed by atoms with Crippen molar-refractivity contribution in [2.24, 2.45) is 0 Å². The monoisotopic (exact) mass is 276 g/mol. The molecule has 0 bridgehead atoms. The summed E-state index contributed by atoms with van der Waals surface area (Å²) in [5.74, 6) is 1.78. The third-order valence-corrected chi connectivity index (χ3v) is 4.41. The second-order valence-electron chi connectivity index (χ2n) is 5.71. The second-order valence-corrected chi connectivity index (χ2v) is 5.71. The molecule has 0 unspecified atom stereocenters. The molecule has 0 aromatic carbocycles. The summed E-state index contributed by atoms with van der Waals surface area (Å²) in [6.07, 6.45) is 4.77. The predicted molar refractivity (Wildman–Crippen MR) is 78.8 cm³/mol. The fourth-order valence-corrected chi connectivity index (χ4v) is 3.45. The summed E-state index contributed by atoms with van der Waals surface area (Å²) >= 11 is 0. The highest BCUT2D eigenvalue weighted by Crippen LogP contribution is 2.35. The van der Waals surface area contributed by atoms with Crippen LogP contribution in [-0.4, -0.2) is 47.7 Å². The van der Waals surface area contributed by atoms with E-state index in [2.05, 4.69) is 26.3 Å². The molecular formula is C15H24N4O. The highest BCUT2D eigenvalue weighted by atomic mass is 16.5. The summed E-state index contributed by atoms with van der Waals surface area (Å²) in [6, 6.07) is 3.21. The molecule has 1 atom stereocenters. The maximum atomic E-state index is 5.49. The van der Waals surface area contributed by atoms with Gasteiger partial charge in [0, 0.05) is 32.4 Å². The Hall–Kier alpha value is -1.20. The van der Waals surface area contributed by atoms with Gasteiger partial charge in [-0.05, 0) is 39.2 Å². The molecule has 5 heteroatoms. The molecule has 0 amide bonds. The Kier molecular flexibility index (Phi) is 4.17. The van der Waals surface area contributed by atoms with Gasteiger partial charge in [-0.15, -0.1) is 0 Å². The highest BCUT2D eigenvalue weighted by Gasteiger charge is 2.33. The van der Waals surface area contributed by atoms with Gasteiger partial charge in [0.2, 0.25) is 0 Å². The molecule has 2 aliphatic rings. The number of hydrogen-bond donors (Lipinski definition) is 1. The van der Waals surface area contributed by atoms with E-state index in [1.54, 1.807) is 0 Å². The Morgan fingerprint density at radius 3 is 2.80 bits per heavy atom. The summed E-state index contributed by atoms with van der Waals surface area (Å²) in [7, 11) is 1.91. The van der Waals surface area contributed by atoms with Crippen LogP contribution in [0, 0.1) is 6.92 Å². The molecule has 3 heterocycles. The molecule has 3 rings (SSSR count). The number of nitrogens with zero attached hydrogens (tertiary/aromatic N) is 3. The molecule has 1 N–H and O–H groups in total. The first kappa shape index (κ1) is 13.8. The second kappa shape index (κ2) is 6.06. The molecule has 2 fully saturated rings. The fraction of sp³-hybridized carbons (Fsp3) is 0.733. The van der Waals surface area contributed by atoms with E-state index in [4.69, 9.17) is 4.74 Å². The summed E-state index contributed by atoms with van der Waals surface area (Å²) in [5, 5.41) is 3.14. The van der Waals surface area contributed by atoms with E-state index in [9.17, 15) is 0 Å². The van der Waals surface area contributed by atoms with Gasteiger partial charge >= 0.3 is 0 Å². The van der Waals surface area contributed by atoms with Gasteiger partial charge in [0.25, 0.3) is 0 Å². The summed E-state index contributed by atoms with van der Waals surface area (Å²) < 4.78 is 5.49. The molecular weight excluding hydrogens is 252 g/mol. The van der Waals surface area contributed by atoms with Gasteiger partial charge in [-0.1, -0.05) is 0 Å². The van der Waals surface area contributed by atoms with E-state index >= 15 is 0 Å². The standard InChI is InChI=1S/C15H24N4O/c1-11-17-13(10-15(16-2)18-11)14-4-3-7-19(14)12-5-8-20-9-6-12/h10,12,14H,3-9H2,1-2H3,(H,16,17,18)/t14-/m1/s1. The molecule has 2 saturated heterocycles. The molecule has 1 aromatic rings. The Labute approximate surface area is 120 Å². The molecule has 5 nitrogen and oxygen atoms in total. The highest BCUT2D eigenvalue weighted by molar-refractivity contribution is 5.36. The summed E-state index contributed by atoms with van der Waals surface area (Å²) in [6.45, 7) is 4.96. The lowest BCUT2D eigenvalue weighted by Crippen LogP contribution is -2.39. The van der Waals surface area contributed by atoms with Crippen LogP contribution in [0.15, 0.2) is 6.07 Å². The zero-order chi connectivity index (χ0) is 13.9. The topological polar surface area (TPSA) is 50.3 Å². The largest absolute Gasteiger partial charge is 0.381 e. The van der Waals surface area contributed by atoms with Crippen LogP contribution in [-0.2, 0) is 4.74 Å². The molecule has 0 spiro atoms. The smallest absolute Gasteiger partial charge is 0.129 e. The zero-order valence-corrected chi connectivity index (χ0v) is 12.4. The van der Waals surface area contributed by atoms with Gasteiger partial charge in [-0.2, -0.15) is 0 Å². The Morgan fingerprint density at radius 2 is 2.05 bits per heavy atom. The van der Waals surface area contributed by atoms with Gasteiger partial charge in [0.1, 0.15) is 11.6 Å². The molecule has 0 radical (unpaired) electrons. The van der Waals surface area contributed by atoms with E-state index in [1.165, 1.54) is 25.1 Å². The molecule has 20 heavy (non-hydrogen) atoms. The number of ether oxygens (including phenoxy) is 1. The summed E-state index contributed by atoms with van der Waals surface area (Å²) in [5.41, 5.74) is 1.17. The minimum atomic E-state index is 0.451. The Bertz CT molecular complexity index is 459. The van der Waals surface area contributed by atoms with Crippen molar-refractivity contribution in [1.29, 1.82) is 0 Å². The van der Waals surface area contributed by atoms with Crippen LogP contribution in [0.3, 0.4) is 0 Å². The van der Waals surface area contributed by atoms with E-state index in [0.29, 0.717) is 12.1 Å². The first-order valence-electron chi connectivity index (χ1n) is 7.65. The summed E-state index contributed by atoms with van der Waals surface area (Å²) in [4.78, 5) is 11.7. The van der Waals surface area contributed by atoms with Gasteiger partial charge in [-0.3, -0.25) is 4.90 Å². The van der Waals surface area contributed by atoms with E-state index in [1.807, 2.05) is 14.0 Å².